The van der Waals surface area contributed by atoms with E-state index in [1.807, 2.05) is 0 Å². The van der Waals surface area contributed by atoms with Crippen molar-refractivity contribution < 1.29 is 0 Å². The molecule has 0 saturated carbocycles. The van der Waals surface area contributed by atoms with E-state index in [4.69, 9.17) is 0 Å². The van der Waals surface area contributed by atoms with E-state index in [-0.39, 0.29) is 0 Å². The van der Waals surface area contributed by atoms with Gasteiger partial charge in [0.1, 0.15) is 0 Å². The highest BCUT2D eigenvalue weighted by molar-refractivity contribution is 5.56. The predicted molar refractivity (Wildman–Crippen MR) is 80.4 cm³/mol. The van der Waals surface area contributed by atoms with Gasteiger partial charge in [0.15, 0.2) is 0 Å². The van der Waals surface area contributed by atoms with Gasteiger partial charge in [0.25, 0.3) is 0 Å². The topological polar surface area (TPSA) is 0 Å². The van der Waals surface area contributed by atoms with Crippen molar-refractivity contribution in [2.45, 2.75) is 40.5 Å². The molecule has 0 fully saturated rings. The van der Waals surface area contributed by atoms with Crippen molar-refractivity contribution in [1.29, 1.82) is 0 Å². The highest BCUT2D eigenvalue weighted by Gasteiger charge is 2.09. The lowest BCUT2D eigenvalue weighted by atomic mass is 9.89. The van der Waals surface area contributed by atoms with Gasteiger partial charge < -0.3 is 0 Å². The van der Waals surface area contributed by atoms with Gasteiger partial charge in [0, 0.05) is 0 Å². The second-order valence-corrected chi connectivity index (χ2v) is 5.46. The van der Waals surface area contributed by atoms with Gasteiger partial charge in [0.05, 0.1) is 0 Å². The minimum Gasteiger partial charge on any atom is -0.0795 e. The fourth-order valence-corrected chi connectivity index (χ4v) is 2.27. The van der Waals surface area contributed by atoms with Gasteiger partial charge in [-0.15, -0.1) is 0 Å². The molecule has 0 amide bonds. The first-order chi connectivity index (χ1) is 8.58. The molecule has 0 saturated heterocycles. The van der Waals surface area contributed by atoms with E-state index in [1.54, 1.807) is 0 Å². The Hall–Kier alpha value is -1.56. The highest BCUT2D eigenvalue weighted by atomic mass is 14.1. The van der Waals surface area contributed by atoms with Crippen LogP contribution in [0.3, 0.4) is 0 Å². The Balaban J connectivity index is 2.38. The van der Waals surface area contributed by atoms with E-state index in [2.05, 4.69) is 64.2 Å². The van der Waals surface area contributed by atoms with Gasteiger partial charge in [-0.05, 0) is 62.8 Å². The first-order valence-electron chi connectivity index (χ1n) is 6.67. The quantitative estimate of drug-likeness (QED) is 0.571. The maximum atomic E-state index is 2.33. The monoisotopic (exact) mass is 238 g/mol. The van der Waals surface area contributed by atoms with Gasteiger partial charge in [-0.25, -0.2) is 0 Å². The van der Waals surface area contributed by atoms with Crippen molar-refractivity contribution >= 4 is 0 Å². The van der Waals surface area contributed by atoms with Crippen LogP contribution in [0.5, 0.6) is 0 Å². The Morgan fingerprint density at radius 2 is 1.11 bits per heavy atom. The second kappa shape index (κ2) is 5.39. The summed E-state index contributed by atoms with van der Waals surface area (Å²) in [7, 11) is 0. The summed E-state index contributed by atoms with van der Waals surface area (Å²) in [5.41, 5.74) is 8.41. The molecule has 0 heterocycles. The summed E-state index contributed by atoms with van der Waals surface area (Å²) < 4.78 is 0. The van der Waals surface area contributed by atoms with E-state index < -0.39 is 0 Å². The summed E-state index contributed by atoms with van der Waals surface area (Å²) >= 11 is 0. The molecule has 2 aliphatic rings. The van der Waals surface area contributed by atoms with Crippen LogP contribution in [-0.4, -0.2) is 0 Å². The van der Waals surface area contributed by atoms with Gasteiger partial charge in [-0.1, -0.05) is 47.6 Å². The second-order valence-electron chi connectivity index (χ2n) is 5.46. The molecule has 0 aromatic carbocycles. The average molecular weight is 238 g/mol. The van der Waals surface area contributed by atoms with E-state index in [0.717, 1.165) is 12.8 Å². The lowest BCUT2D eigenvalue weighted by Crippen LogP contribution is -1.96. The Kier molecular flexibility index (Phi) is 3.86. The molecule has 0 bridgehead atoms. The summed E-state index contributed by atoms with van der Waals surface area (Å²) in [5.74, 6) is 0. The molecule has 94 valence electrons. The number of hydrogen-bond donors (Lipinski definition) is 0. The molecule has 0 heteroatoms. The highest BCUT2D eigenvalue weighted by Crippen LogP contribution is 2.29. The maximum absolute atomic E-state index is 2.33. The van der Waals surface area contributed by atoms with Crippen LogP contribution >= 0.6 is 0 Å². The van der Waals surface area contributed by atoms with E-state index >= 15 is 0 Å². The molecule has 0 aromatic rings. The van der Waals surface area contributed by atoms with Crippen molar-refractivity contribution in [3.63, 3.8) is 0 Å². The lowest BCUT2D eigenvalue weighted by molar-refractivity contribution is 1.14. The van der Waals surface area contributed by atoms with Crippen molar-refractivity contribution in [2.24, 2.45) is 0 Å². The molecule has 2 aliphatic carbocycles. The van der Waals surface area contributed by atoms with Crippen LogP contribution in [0.25, 0.3) is 0 Å². The summed E-state index contributed by atoms with van der Waals surface area (Å²) in [5, 5.41) is 0. The molecule has 0 radical (unpaired) electrons. The van der Waals surface area contributed by atoms with E-state index in [0.29, 0.717) is 0 Å². The summed E-state index contributed by atoms with van der Waals surface area (Å²) in [4.78, 5) is 0. The first kappa shape index (κ1) is 12.9. The number of rotatable bonds is 1. The fourth-order valence-electron chi connectivity index (χ4n) is 2.27. The smallest absolute Gasteiger partial charge is 0.00945 e. The fraction of sp³-hybridized carbons (Fsp3) is 0.333. The molecule has 2 rings (SSSR count). The third kappa shape index (κ3) is 2.81. The predicted octanol–water partition coefficient (Wildman–Crippen LogP) is 5.43. The minimum atomic E-state index is 1.07. The van der Waals surface area contributed by atoms with Gasteiger partial charge in [-0.2, -0.15) is 0 Å². The molecule has 0 N–H and O–H groups in total. The van der Waals surface area contributed by atoms with E-state index in [1.165, 1.54) is 33.4 Å². The van der Waals surface area contributed by atoms with Crippen molar-refractivity contribution in [1.82, 2.24) is 0 Å². The first-order valence-corrected chi connectivity index (χ1v) is 6.67. The van der Waals surface area contributed by atoms with Crippen molar-refractivity contribution in [3.8, 4) is 0 Å². The lowest BCUT2D eigenvalue weighted by Gasteiger charge is -2.16. The molecule has 0 unspecified atom stereocenters. The zero-order valence-electron chi connectivity index (χ0n) is 11.9. The third-order valence-corrected chi connectivity index (χ3v) is 3.55. The van der Waals surface area contributed by atoms with Crippen LogP contribution in [0, 0.1) is 0 Å². The van der Waals surface area contributed by atoms with Gasteiger partial charge in [0.2, 0.25) is 0 Å². The molecule has 0 aliphatic heterocycles. The van der Waals surface area contributed by atoms with Crippen LogP contribution in [0.4, 0.5) is 0 Å². The molecular formula is C18H22. The molecule has 0 aromatic heterocycles. The Labute approximate surface area is 111 Å². The molecule has 0 spiro atoms. The van der Waals surface area contributed by atoms with Crippen molar-refractivity contribution in [2.75, 3.05) is 0 Å². The van der Waals surface area contributed by atoms with Crippen LogP contribution in [-0.2, 0) is 0 Å². The van der Waals surface area contributed by atoms with Crippen LogP contribution in [0.1, 0.15) is 40.5 Å². The molecular weight excluding hydrogens is 216 g/mol. The Morgan fingerprint density at radius 3 is 1.44 bits per heavy atom. The van der Waals surface area contributed by atoms with Crippen LogP contribution in [0.2, 0.25) is 0 Å². The van der Waals surface area contributed by atoms with Gasteiger partial charge >= 0.3 is 0 Å². The molecule has 0 atom stereocenters. The third-order valence-electron chi connectivity index (χ3n) is 3.55. The molecule has 0 nitrogen and oxygen atoms in total. The SMILES string of the molecule is CC(C)=C1C=C(C2=CC(=C(C)C)CC=C2)C=CC1. The summed E-state index contributed by atoms with van der Waals surface area (Å²) in [6.45, 7) is 8.76. The summed E-state index contributed by atoms with van der Waals surface area (Å²) in [6, 6.07) is 0. The van der Waals surface area contributed by atoms with Crippen molar-refractivity contribution in [3.05, 3.63) is 69.9 Å². The zero-order chi connectivity index (χ0) is 13.1. The van der Waals surface area contributed by atoms with Crippen LogP contribution < -0.4 is 0 Å². The number of hydrogen-bond acceptors (Lipinski definition) is 0. The minimum absolute atomic E-state index is 1.07. The van der Waals surface area contributed by atoms with Gasteiger partial charge in [-0.3, -0.25) is 0 Å². The average Bonchev–Trinajstić information content (AvgIpc) is 2.39. The summed E-state index contributed by atoms with van der Waals surface area (Å²) in [6.07, 6.45) is 15.8. The Morgan fingerprint density at radius 1 is 0.722 bits per heavy atom. The largest absolute Gasteiger partial charge is 0.0795 e. The zero-order valence-corrected chi connectivity index (χ0v) is 11.9. The normalized spacial score (nSPS) is 18.7. The standard InChI is InChI=1S/C18H22/c1-13(2)15-7-5-9-17(11-15)18-10-6-8-16(12-18)14(3)4/h5-6,9-12H,7-8H2,1-4H3. The number of allylic oxidation sites excluding steroid dienone is 12. The van der Waals surface area contributed by atoms with Crippen LogP contribution in [0.15, 0.2) is 69.9 Å². The maximum Gasteiger partial charge on any atom is -0.00945 e. The Bertz CT molecular complexity index is 470. The molecule has 18 heavy (non-hydrogen) atoms. The van der Waals surface area contributed by atoms with E-state index in [9.17, 15) is 0 Å².